The Balaban J connectivity index is 1.71. The first kappa shape index (κ1) is 40.4. The molecule has 1 aromatic carbocycles. The summed E-state index contributed by atoms with van der Waals surface area (Å²) >= 11 is 6.77. The predicted molar refractivity (Wildman–Crippen MR) is 196 cm³/mol. The molecule has 3 heterocycles. The molecule has 0 spiro atoms. The summed E-state index contributed by atoms with van der Waals surface area (Å²) in [5.74, 6) is -2.14. The molecule has 3 aliphatic rings. The Morgan fingerprint density at radius 3 is 2.53 bits per heavy atom. The third-order valence-corrected chi connectivity index (χ3v) is 11.2. The Hall–Kier alpha value is -3.41. The lowest BCUT2D eigenvalue weighted by Gasteiger charge is -2.41. The minimum absolute atomic E-state index is 0.0544. The number of alkyl carbamates (subject to hydrolysis) is 1. The summed E-state index contributed by atoms with van der Waals surface area (Å²) in [4.78, 5) is 56.4. The van der Waals surface area contributed by atoms with Crippen molar-refractivity contribution in [3.8, 4) is 0 Å². The quantitative estimate of drug-likeness (QED) is 0.268. The zero-order valence-electron chi connectivity index (χ0n) is 32.0. The Labute approximate surface area is 307 Å². The van der Waals surface area contributed by atoms with Crippen LogP contribution in [0.1, 0.15) is 92.2 Å². The van der Waals surface area contributed by atoms with Gasteiger partial charge in [0.15, 0.2) is 0 Å². The summed E-state index contributed by atoms with van der Waals surface area (Å²) in [6, 6.07) is 2.93. The van der Waals surface area contributed by atoms with E-state index in [-0.39, 0.29) is 36.5 Å². The van der Waals surface area contributed by atoms with Gasteiger partial charge in [0.05, 0.1) is 23.2 Å². The zero-order chi connectivity index (χ0) is 38.2. The fourth-order valence-electron chi connectivity index (χ4n) is 6.82. The maximum absolute atomic E-state index is 14.1. The Morgan fingerprint density at radius 1 is 1.22 bits per heavy atom. The predicted octanol–water partition coefficient (Wildman–Crippen LogP) is 6.26. The van der Waals surface area contributed by atoms with Gasteiger partial charge in [-0.2, -0.15) is 0 Å². The number of hydrogen-bond acceptors (Lipinski definition) is 8. The van der Waals surface area contributed by atoms with E-state index in [1.54, 1.807) is 27.9 Å². The monoisotopic (exact) mass is 729 g/mol. The number of epoxide rings is 1. The maximum atomic E-state index is 14.1. The molecule has 2 saturated heterocycles. The number of hydrogen-bond donors (Lipinski definition) is 2. The van der Waals surface area contributed by atoms with Crippen LogP contribution in [0.15, 0.2) is 35.9 Å². The van der Waals surface area contributed by atoms with Gasteiger partial charge in [-0.3, -0.25) is 14.9 Å². The highest BCUT2D eigenvalue weighted by Crippen LogP contribution is 2.49. The van der Waals surface area contributed by atoms with Gasteiger partial charge in [0, 0.05) is 38.8 Å². The number of anilines is 1. The number of halogens is 1. The van der Waals surface area contributed by atoms with Crippen molar-refractivity contribution in [3.63, 3.8) is 0 Å². The Morgan fingerprint density at radius 2 is 1.88 bits per heavy atom. The lowest BCUT2D eigenvalue weighted by atomic mass is 9.82. The van der Waals surface area contributed by atoms with Gasteiger partial charge < -0.3 is 29.1 Å². The highest BCUT2D eigenvalue weighted by molar-refractivity contribution is 6.34. The highest BCUT2D eigenvalue weighted by Gasteiger charge is 2.64. The van der Waals surface area contributed by atoms with Gasteiger partial charge in [0.1, 0.15) is 29.6 Å². The number of benzene rings is 1. The number of nitrogens with one attached hydrogen (secondary N) is 1. The molecule has 8 unspecified atom stereocenters. The van der Waals surface area contributed by atoms with E-state index < -0.39 is 59.6 Å². The first-order valence-corrected chi connectivity index (χ1v) is 18.2. The second kappa shape index (κ2) is 15.3. The van der Waals surface area contributed by atoms with E-state index in [1.807, 2.05) is 78.8 Å². The minimum atomic E-state index is -1.59. The molecule has 1 aromatic rings. The van der Waals surface area contributed by atoms with Crippen LogP contribution in [0.5, 0.6) is 0 Å². The van der Waals surface area contributed by atoms with Crippen LogP contribution in [-0.4, -0.2) is 83.7 Å². The number of aryl methyl sites for hydroxylation is 1. The standard InChI is InChI=1S/C39H56ClN3O8/c1-22-13-12-14-24(3)39(48)21-29(49-36(47)41-39)25(4)34-38(9,51-34)30(50-35(46)26(5)42(10)31(44)15-16-37(6,7)8)20-32(45)43(11)28-19-27(17-22)18-23(2)33(28)40/h12-14,18-19,24-26,29-30,34,48H,15-17,20-21H2,1-11H3,(H,41,47)/b14-12+,22-13+. The summed E-state index contributed by atoms with van der Waals surface area (Å²) in [5.41, 5.74) is 0.510. The first-order valence-electron chi connectivity index (χ1n) is 17.8. The van der Waals surface area contributed by atoms with Crippen molar-refractivity contribution in [3.05, 3.63) is 52.1 Å². The number of allylic oxidation sites excluding steroid dienone is 3. The Bertz CT molecular complexity index is 1590. The van der Waals surface area contributed by atoms with Gasteiger partial charge in [-0.05, 0) is 63.1 Å². The molecule has 12 heteroatoms. The summed E-state index contributed by atoms with van der Waals surface area (Å²) < 4.78 is 18.1. The van der Waals surface area contributed by atoms with E-state index >= 15 is 0 Å². The molecule has 11 nitrogen and oxygen atoms in total. The molecule has 2 N–H and O–H groups in total. The van der Waals surface area contributed by atoms with Gasteiger partial charge in [-0.1, -0.05) is 76.1 Å². The van der Waals surface area contributed by atoms with E-state index in [1.165, 1.54) is 9.80 Å². The number of rotatable bonds is 5. The number of amides is 3. The van der Waals surface area contributed by atoms with E-state index in [0.29, 0.717) is 23.6 Å². The number of aliphatic hydroxyl groups is 1. The normalized spacial score (nSPS) is 32.4. The highest BCUT2D eigenvalue weighted by atomic mass is 35.5. The van der Waals surface area contributed by atoms with Crippen molar-refractivity contribution >= 4 is 41.2 Å². The van der Waals surface area contributed by atoms with Crippen molar-refractivity contribution in [2.45, 2.75) is 130 Å². The zero-order valence-corrected chi connectivity index (χ0v) is 32.7. The minimum Gasteiger partial charge on any atom is -0.457 e. The number of carbonyl (C=O) groups is 4. The summed E-state index contributed by atoms with van der Waals surface area (Å²) in [6.07, 6.45) is 3.84. The molecule has 282 valence electrons. The molecule has 4 rings (SSSR count). The fraction of sp³-hybridized carbons (Fsp3) is 0.641. The van der Waals surface area contributed by atoms with Gasteiger partial charge in [-0.25, -0.2) is 9.59 Å². The smallest absolute Gasteiger partial charge is 0.409 e. The number of carbonyl (C=O) groups excluding carboxylic acids is 4. The first-order chi connectivity index (χ1) is 23.6. The van der Waals surface area contributed by atoms with Gasteiger partial charge in [0.2, 0.25) is 11.8 Å². The second-order valence-electron chi connectivity index (χ2n) is 16.2. The molecule has 0 aliphatic carbocycles. The van der Waals surface area contributed by atoms with Crippen LogP contribution in [0.2, 0.25) is 5.02 Å². The van der Waals surface area contributed by atoms with Crippen LogP contribution in [-0.2, 0) is 35.0 Å². The van der Waals surface area contributed by atoms with E-state index in [0.717, 1.165) is 16.7 Å². The third kappa shape index (κ3) is 9.34. The lowest BCUT2D eigenvalue weighted by Crippen LogP contribution is -2.60. The van der Waals surface area contributed by atoms with Gasteiger partial charge in [-0.15, -0.1) is 0 Å². The van der Waals surface area contributed by atoms with Crippen LogP contribution in [0.25, 0.3) is 0 Å². The number of nitrogens with zero attached hydrogens (tertiary/aromatic N) is 2. The molecule has 0 saturated carbocycles. The number of ether oxygens (including phenoxy) is 3. The average Bonchev–Trinajstić information content (AvgIpc) is 3.74. The number of likely N-dealkylation sites (N-methyl/N-ethyl adjacent to an activating group) is 1. The third-order valence-electron chi connectivity index (χ3n) is 10.8. The fourth-order valence-corrected chi connectivity index (χ4v) is 7.05. The lowest BCUT2D eigenvalue weighted by molar-refractivity contribution is -0.162. The molecule has 2 fully saturated rings. The molecule has 4 bridgehead atoms. The molecule has 3 aliphatic heterocycles. The summed E-state index contributed by atoms with van der Waals surface area (Å²) in [5, 5.41) is 14.7. The average molecular weight is 730 g/mol. The van der Waals surface area contributed by atoms with Crippen LogP contribution in [0.3, 0.4) is 0 Å². The summed E-state index contributed by atoms with van der Waals surface area (Å²) in [6.45, 7) is 17.0. The Kier molecular flexibility index (Phi) is 12.1. The molecule has 3 amide bonds. The molecular weight excluding hydrogens is 674 g/mol. The van der Waals surface area contributed by atoms with Crippen LogP contribution in [0.4, 0.5) is 10.5 Å². The van der Waals surface area contributed by atoms with Gasteiger partial charge >= 0.3 is 12.1 Å². The second-order valence-corrected chi connectivity index (χ2v) is 16.6. The van der Waals surface area contributed by atoms with E-state index in [2.05, 4.69) is 5.32 Å². The van der Waals surface area contributed by atoms with E-state index in [9.17, 15) is 24.3 Å². The molecular formula is C39H56ClN3O8. The van der Waals surface area contributed by atoms with Crippen LogP contribution >= 0.6 is 11.6 Å². The van der Waals surface area contributed by atoms with Crippen molar-refractivity contribution in [1.82, 2.24) is 10.2 Å². The van der Waals surface area contributed by atoms with E-state index in [4.69, 9.17) is 25.8 Å². The summed E-state index contributed by atoms with van der Waals surface area (Å²) in [7, 11) is 3.20. The van der Waals surface area contributed by atoms with Crippen molar-refractivity contribution in [2.75, 3.05) is 19.0 Å². The van der Waals surface area contributed by atoms with Crippen LogP contribution < -0.4 is 10.2 Å². The number of fused-ring (bicyclic) bond motifs is 5. The van der Waals surface area contributed by atoms with Crippen LogP contribution in [0, 0.1) is 24.2 Å². The molecule has 0 aromatic heterocycles. The maximum Gasteiger partial charge on any atom is 0.409 e. The topological polar surface area (TPSA) is 138 Å². The number of esters is 1. The molecule has 8 atom stereocenters. The van der Waals surface area contributed by atoms with Gasteiger partial charge in [0.25, 0.3) is 0 Å². The van der Waals surface area contributed by atoms with Crippen molar-refractivity contribution < 1.29 is 38.5 Å². The largest absolute Gasteiger partial charge is 0.457 e. The SMILES string of the molecule is C/C1=C\C=C\C(C)C2(O)CC(OC(=O)N2)C(C)C2OC2(C)C(OC(=O)C(C)N(C)C(=O)CCC(C)(C)C)CC(=O)N(C)c2cc(cc(C)c2Cl)C1. The molecule has 51 heavy (non-hydrogen) atoms. The van der Waals surface area contributed by atoms with Crippen molar-refractivity contribution in [1.29, 1.82) is 0 Å². The van der Waals surface area contributed by atoms with Crippen molar-refractivity contribution in [2.24, 2.45) is 17.3 Å². The molecule has 0 radical (unpaired) electrons.